The summed E-state index contributed by atoms with van der Waals surface area (Å²) in [7, 11) is 0. The van der Waals surface area contributed by atoms with Crippen molar-refractivity contribution in [1.29, 1.82) is 0 Å². The van der Waals surface area contributed by atoms with Crippen LogP contribution in [0, 0.1) is 0 Å². The molecule has 0 aromatic heterocycles. The minimum Gasteiger partial charge on any atom is -0.489 e. The van der Waals surface area contributed by atoms with Crippen molar-refractivity contribution >= 4 is 78.1 Å². The lowest BCUT2D eigenvalue weighted by Crippen LogP contribution is -2.44. The van der Waals surface area contributed by atoms with Crippen LogP contribution < -0.4 is 10.2 Å². The van der Waals surface area contributed by atoms with E-state index in [0.29, 0.717) is 17.1 Å². The molecule has 1 saturated heterocycles. The average Bonchev–Trinajstić information content (AvgIpc) is 3.07. The van der Waals surface area contributed by atoms with Gasteiger partial charge in [0.25, 0.3) is 11.8 Å². The molecule has 1 N–H and O–H groups in total. The van der Waals surface area contributed by atoms with Gasteiger partial charge in [0.05, 0.1) is 4.91 Å². The zero-order valence-electron chi connectivity index (χ0n) is 17.0. The normalized spacial score (nSPS) is 14.6. The summed E-state index contributed by atoms with van der Waals surface area (Å²) in [6.45, 7) is 0.462. The zero-order chi connectivity index (χ0) is 23.4. The van der Waals surface area contributed by atoms with E-state index < -0.39 is 5.91 Å². The van der Waals surface area contributed by atoms with Crippen molar-refractivity contribution in [2.75, 3.05) is 0 Å². The highest BCUT2D eigenvalue weighted by Gasteiger charge is 2.33. The van der Waals surface area contributed by atoms with Crippen LogP contribution >= 0.6 is 55.8 Å². The molecule has 5 nitrogen and oxygen atoms in total. The van der Waals surface area contributed by atoms with E-state index in [1.165, 1.54) is 0 Å². The molecule has 33 heavy (non-hydrogen) atoms. The number of hydrogen-bond acceptors (Lipinski definition) is 5. The van der Waals surface area contributed by atoms with Gasteiger partial charge in [0, 0.05) is 14.5 Å². The molecule has 9 heteroatoms. The predicted octanol–water partition coefficient (Wildman–Crippen LogP) is 6.34. The molecule has 1 fully saturated rings. The Balaban J connectivity index is 1.38. The summed E-state index contributed by atoms with van der Waals surface area (Å²) in [5, 5.41) is 1.10. The summed E-state index contributed by atoms with van der Waals surface area (Å²) in [4.78, 5) is 25.7. The van der Waals surface area contributed by atoms with Crippen molar-refractivity contribution in [3.8, 4) is 5.75 Å². The molecule has 0 atom stereocenters. The van der Waals surface area contributed by atoms with Gasteiger partial charge in [-0.2, -0.15) is 5.01 Å². The van der Waals surface area contributed by atoms with Gasteiger partial charge in [0.1, 0.15) is 12.4 Å². The first-order valence-electron chi connectivity index (χ1n) is 9.71. The fraction of sp³-hybridized carbons (Fsp3) is 0.0417. The molecule has 166 valence electrons. The number of rotatable bonds is 6. The maximum atomic E-state index is 12.8. The van der Waals surface area contributed by atoms with Crippen LogP contribution in [0.4, 0.5) is 0 Å². The Hall–Kier alpha value is -2.46. The molecule has 0 unspecified atom stereocenters. The van der Waals surface area contributed by atoms with Crippen LogP contribution in [0.2, 0.25) is 0 Å². The monoisotopic (exact) mass is 602 g/mol. The fourth-order valence-corrected chi connectivity index (χ4v) is 4.60. The fourth-order valence-electron chi connectivity index (χ4n) is 2.89. The third-order valence-corrected chi connectivity index (χ3v) is 6.97. The first-order valence-corrected chi connectivity index (χ1v) is 12.5. The lowest BCUT2D eigenvalue weighted by molar-refractivity contribution is -0.123. The molecule has 2 amide bonds. The highest BCUT2D eigenvalue weighted by Crippen LogP contribution is 2.32. The Kier molecular flexibility index (Phi) is 7.64. The van der Waals surface area contributed by atoms with Gasteiger partial charge in [-0.05, 0) is 78.0 Å². The van der Waals surface area contributed by atoms with Gasteiger partial charge in [0.2, 0.25) is 0 Å². The minimum absolute atomic E-state index is 0.270. The number of halogens is 2. The second kappa shape index (κ2) is 10.6. The number of carbonyl (C=O) groups is 2. The number of benzene rings is 3. The molecule has 1 aliphatic rings. The van der Waals surface area contributed by atoms with Gasteiger partial charge < -0.3 is 4.74 Å². The highest BCUT2D eigenvalue weighted by molar-refractivity contribution is 9.10. The number of carbonyl (C=O) groups excluding carboxylic acids is 2. The molecular weight excluding hydrogens is 588 g/mol. The number of nitrogens with zero attached hydrogens (tertiary/aromatic N) is 1. The zero-order valence-corrected chi connectivity index (χ0v) is 21.8. The van der Waals surface area contributed by atoms with Gasteiger partial charge in [-0.3, -0.25) is 15.0 Å². The van der Waals surface area contributed by atoms with Crippen molar-refractivity contribution < 1.29 is 14.3 Å². The van der Waals surface area contributed by atoms with Crippen molar-refractivity contribution in [2.45, 2.75) is 6.61 Å². The second-order valence-electron chi connectivity index (χ2n) is 6.95. The third-order valence-electron chi connectivity index (χ3n) is 4.61. The van der Waals surface area contributed by atoms with E-state index in [4.69, 9.17) is 17.0 Å². The lowest BCUT2D eigenvalue weighted by atomic mass is 10.2. The SMILES string of the molecule is O=C(NN1C(=O)/C(=C\c2ccc(OCc3ccc(Br)cc3)cc2)SC1=S)c1ccc(Br)cc1. The Morgan fingerprint density at radius 3 is 2.21 bits per heavy atom. The smallest absolute Gasteiger partial charge is 0.285 e. The van der Waals surface area contributed by atoms with Crippen LogP contribution in [-0.2, 0) is 11.4 Å². The third kappa shape index (κ3) is 6.11. The summed E-state index contributed by atoms with van der Waals surface area (Å²) in [6.07, 6.45) is 1.74. The van der Waals surface area contributed by atoms with Crippen LogP contribution in [0.15, 0.2) is 86.6 Å². The number of ether oxygens (including phenoxy) is 1. The van der Waals surface area contributed by atoms with E-state index in [9.17, 15) is 9.59 Å². The van der Waals surface area contributed by atoms with E-state index in [1.54, 1.807) is 30.3 Å². The molecule has 0 aliphatic carbocycles. The van der Waals surface area contributed by atoms with E-state index in [2.05, 4.69) is 37.3 Å². The summed E-state index contributed by atoms with van der Waals surface area (Å²) in [6, 6.07) is 22.2. The standard InChI is InChI=1S/C24H16Br2N2O3S2/c25-18-7-1-16(2-8-18)14-31-20-11-3-15(4-12-20)13-21-23(30)28(24(32)33-21)27-22(29)17-5-9-19(26)10-6-17/h1-13H,14H2,(H,27,29)/b21-13+. The van der Waals surface area contributed by atoms with E-state index in [0.717, 1.165) is 42.6 Å². The largest absolute Gasteiger partial charge is 0.489 e. The molecule has 0 spiro atoms. The van der Waals surface area contributed by atoms with Gasteiger partial charge in [0.15, 0.2) is 4.32 Å². The van der Waals surface area contributed by atoms with E-state index in [-0.39, 0.29) is 10.2 Å². The Labute approximate surface area is 217 Å². The quantitative estimate of drug-likeness (QED) is 0.263. The summed E-state index contributed by atoms with van der Waals surface area (Å²) >= 11 is 13.2. The second-order valence-corrected chi connectivity index (χ2v) is 10.5. The molecule has 3 aromatic rings. The molecule has 1 heterocycles. The summed E-state index contributed by atoms with van der Waals surface area (Å²) in [5.41, 5.74) is 4.90. The molecule has 0 radical (unpaired) electrons. The Morgan fingerprint density at radius 1 is 0.970 bits per heavy atom. The summed E-state index contributed by atoms with van der Waals surface area (Å²) in [5.74, 6) is -0.0530. The van der Waals surface area contributed by atoms with Crippen molar-refractivity contribution in [1.82, 2.24) is 10.4 Å². The number of nitrogens with one attached hydrogen (secondary N) is 1. The number of thiocarbonyl (C=S) groups is 1. The maximum Gasteiger partial charge on any atom is 0.285 e. The first-order chi connectivity index (χ1) is 15.9. The van der Waals surface area contributed by atoms with Gasteiger partial charge in [-0.15, -0.1) is 0 Å². The van der Waals surface area contributed by atoms with E-state index >= 15 is 0 Å². The highest BCUT2D eigenvalue weighted by atomic mass is 79.9. The van der Waals surface area contributed by atoms with Crippen LogP contribution in [0.1, 0.15) is 21.5 Å². The number of amides is 2. The molecule has 0 bridgehead atoms. The number of hydrogen-bond donors (Lipinski definition) is 1. The van der Waals surface area contributed by atoms with Crippen LogP contribution in [0.5, 0.6) is 5.75 Å². The minimum atomic E-state index is -0.410. The first kappa shape index (κ1) is 23.7. The Bertz CT molecular complexity index is 1230. The van der Waals surface area contributed by atoms with Crippen LogP contribution in [-0.4, -0.2) is 21.1 Å². The van der Waals surface area contributed by atoms with Crippen LogP contribution in [0.3, 0.4) is 0 Å². The summed E-state index contributed by atoms with van der Waals surface area (Å²) < 4.78 is 7.97. The lowest BCUT2D eigenvalue weighted by Gasteiger charge is -2.15. The van der Waals surface area contributed by atoms with Gasteiger partial charge in [-0.25, -0.2) is 0 Å². The molecule has 0 saturated carbocycles. The maximum absolute atomic E-state index is 12.8. The van der Waals surface area contributed by atoms with Gasteiger partial charge in [-0.1, -0.05) is 67.9 Å². The van der Waals surface area contributed by atoms with Crippen LogP contribution in [0.25, 0.3) is 6.08 Å². The Morgan fingerprint density at radius 2 is 1.58 bits per heavy atom. The molecule has 1 aliphatic heterocycles. The molecule has 3 aromatic carbocycles. The molecule has 4 rings (SSSR count). The van der Waals surface area contributed by atoms with E-state index in [1.807, 2.05) is 48.5 Å². The van der Waals surface area contributed by atoms with Gasteiger partial charge >= 0.3 is 0 Å². The predicted molar refractivity (Wildman–Crippen MR) is 142 cm³/mol. The average molecular weight is 604 g/mol. The topological polar surface area (TPSA) is 58.6 Å². The van der Waals surface area contributed by atoms with Crippen molar-refractivity contribution in [3.05, 3.63) is 103 Å². The van der Waals surface area contributed by atoms with Crippen molar-refractivity contribution in [3.63, 3.8) is 0 Å². The van der Waals surface area contributed by atoms with Crippen molar-refractivity contribution in [2.24, 2.45) is 0 Å². The number of hydrazine groups is 1. The number of thioether (sulfide) groups is 1. The molecular formula is C24H16Br2N2O3S2.